The summed E-state index contributed by atoms with van der Waals surface area (Å²) < 4.78 is 0. The van der Waals surface area contributed by atoms with E-state index in [2.05, 4.69) is 15.8 Å². The molecule has 1 fully saturated rings. The van der Waals surface area contributed by atoms with Gasteiger partial charge >= 0.3 is 5.97 Å². The molecule has 0 atom stereocenters. The van der Waals surface area contributed by atoms with E-state index in [9.17, 15) is 4.79 Å². The van der Waals surface area contributed by atoms with Crippen LogP contribution < -0.4 is 4.90 Å². The Kier molecular flexibility index (Phi) is 4.41. The van der Waals surface area contributed by atoms with E-state index in [1.54, 1.807) is 12.3 Å². The zero-order valence-electron chi connectivity index (χ0n) is 11.5. The molecule has 1 aromatic heterocycles. The average Bonchev–Trinajstić information content (AvgIpc) is 3.20. The maximum atomic E-state index is 10.5. The van der Waals surface area contributed by atoms with Gasteiger partial charge in [-0.25, -0.2) is 9.78 Å². The molecule has 0 aromatic carbocycles. The lowest BCUT2D eigenvalue weighted by Crippen LogP contribution is -2.27. The van der Waals surface area contributed by atoms with E-state index in [1.807, 2.05) is 13.0 Å². The van der Waals surface area contributed by atoms with Crippen molar-refractivity contribution in [2.45, 2.75) is 19.8 Å². The Bertz CT molecular complexity index is 568. The molecule has 1 saturated carbocycles. The topological polar surface area (TPSA) is 53.4 Å². The van der Waals surface area contributed by atoms with Crippen LogP contribution in [-0.2, 0) is 4.79 Å². The molecule has 0 unspecified atom stereocenters. The van der Waals surface area contributed by atoms with E-state index in [1.165, 1.54) is 12.8 Å². The number of aryl methyl sites for hydroxylation is 1. The van der Waals surface area contributed by atoms with E-state index in [-0.39, 0.29) is 0 Å². The van der Waals surface area contributed by atoms with Gasteiger partial charge in [-0.15, -0.1) is 6.42 Å². The number of anilines is 1. The zero-order chi connectivity index (χ0) is 14.5. The van der Waals surface area contributed by atoms with Crippen LogP contribution in [0.4, 0.5) is 5.82 Å². The van der Waals surface area contributed by atoms with Crippen molar-refractivity contribution in [3.05, 3.63) is 29.5 Å². The van der Waals surface area contributed by atoms with Crippen LogP contribution in [0.3, 0.4) is 0 Å². The highest BCUT2D eigenvalue weighted by Gasteiger charge is 2.25. The van der Waals surface area contributed by atoms with Crippen LogP contribution in [0.2, 0.25) is 0 Å². The van der Waals surface area contributed by atoms with Gasteiger partial charge in [-0.05, 0) is 49.0 Å². The van der Waals surface area contributed by atoms with Crippen molar-refractivity contribution in [2.24, 2.45) is 5.92 Å². The average molecular weight is 270 g/mol. The van der Waals surface area contributed by atoms with Gasteiger partial charge in [-0.2, -0.15) is 0 Å². The van der Waals surface area contributed by atoms with Gasteiger partial charge in [0.15, 0.2) is 0 Å². The summed E-state index contributed by atoms with van der Waals surface area (Å²) in [6.45, 7) is 3.47. The second-order valence-corrected chi connectivity index (χ2v) is 5.11. The second kappa shape index (κ2) is 6.25. The smallest absolute Gasteiger partial charge is 0.328 e. The zero-order valence-corrected chi connectivity index (χ0v) is 11.5. The Morgan fingerprint density at radius 2 is 2.40 bits per heavy atom. The fraction of sp³-hybridized carbons (Fsp3) is 0.375. The molecule has 0 aliphatic heterocycles. The first-order valence-corrected chi connectivity index (χ1v) is 6.66. The summed E-state index contributed by atoms with van der Waals surface area (Å²) in [4.78, 5) is 17.1. The van der Waals surface area contributed by atoms with Gasteiger partial charge in [-0.3, -0.25) is 0 Å². The lowest BCUT2D eigenvalue weighted by molar-refractivity contribution is -0.131. The quantitative estimate of drug-likeness (QED) is 0.637. The molecule has 0 saturated heterocycles. The number of carboxylic acid groups (broad SMARTS) is 1. The molecule has 4 heteroatoms. The van der Waals surface area contributed by atoms with Crippen LogP contribution >= 0.6 is 0 Å². The molecule has 104 valence electrons. The molecule has 2 rings (SSSR count). The highest BCUT2D eigenvalue weighted by Crippen LogP contribution is 2.31. The largest absolute Gasteiger partial charge is 0.478 e. The summed E-state index contributed by atoms with van der Waals surface area (Å²) in [5.41, 5.74) is 1.79. The van der Waals surface area contributed by atoms with Crippen molar-refractivity contribution >= 4 is 17.9 Å². The van der Waals surface area contributed by atoms with Gasteiger partial charge in [0.25, 0.3) is 0 Å². The monoisotopic (exact) mass is 270 g/mol. The second-order valence-electron chi connectivity index (χ2n) is 5.11. The van der Waals surface area contributed by atoms with Crippen molar-refractivity contribution in [1.82, 2.24) is 4.98 Å². The summed E-state index contributed by atoms with van der Waals surface area (Å²) in [5, 5.41) is 8.63. The number of hydrogen-bond donors (Lipinski definition) is 1. The number of pyridine rings is 1. The Balaban J connectivity index is 2.18. The van der Waals surface area contributed by atoms with Crippen molar-refractivity contribution in [1.29, 1.82) is 0 Å². The van der Waals surface area contributed by atoms with Crippen LogP contribution in [0.1, 0.15) is 24.0 Å². The lowest BCUT2D eigenvalue weighted by Gasteiger charge is -2.23. The van der Waals surface area contributed by atoms with E-state index >= 15 is 0 Å². The molecule has 0 bridgehead atoms. The minimum atomic E-state index is -0.963. The molecule has 1 aliphatic rings. The maximum Gasteiger partial charge on any atom is 0.328 e. The summed E-state index contributed by atoms with van der Waals surface area (Å²) in [5.74, 6) is 3.34. The number of aromatic nitrogens is 1. The lowest BCUT2D eigenvalue weighted by atomic mass is 10.1. The minimum Gasteiger partial charge on any atom is -0.478 e. The summed E-state index contributed by atoms with van der Waals surface area (Å²) in [6.07, 6.45) is 12.3. The number of carbonyl (C=O) groups is 1. The van der Waals surface area contributed by atoms with Crippen LogP contribution in [0.15, 0.2) is 18.3 Å². The van der Waals surface area contributed by atoms with E-state index in [0.29, 0.717) is 6.54 Å². The first-order chi connectivity index (χ1) is 9.60. The summed E-state index contributed by atoms with van der Waals surface area (Å²) >= 11 is 0. The van der Waals surface area contributed by atoms with E-state index in [0.717, 1.165) is 35.5 Å². The third-order valence-electron chi connectivity index (χ3n) is 3.25. The highest BCUT2D eigenvalue weighted by atomic mass is 16.4. The molecule has 0 radical (unpaired) electrons. The number of hydrogen-bond acceptors (Lipinski definition) is 3. The highest BCUT2D eigenvalue weighted by molar-refractivity contribution is 5.85. The van der Waals surface area contributed by atoms with Crippen molar-refractivity contribution in [2.75, 3.05) is 18.0 Å². The number of terminal acetylenes is 1. The molecule has 4 nitrogen and oxygen atoms in total. The molecular weight excluding hydrogens is 252 g/mol. The first kappa shape index (κ1) is 14.1. The molecule has 0 spiro atoms. The Labute approximate surface area is 119 Å². The van der Waals surface area contributed by atoms with Gasteiger partial charge in [0.2, 0.25) is 0 Å². The molecule has 1 aliphatic carbocycles. The van der Waals surface area contributed by atoms with Crippen LogP contribution in [0, 0.1) is 25.2 Å². The Morgan fingerprint density at radius 3 is 2.95 bits per heavy atom. The Morgan fingerprint density at radius 1 is 1.65 bits per heavy atom. The standard InChI is InChI=1S/C16H18N2O2/c1-3-8-18(11-13-4-5-13)16-12(2)9-14(10-17-16)6-7-15(19)20/h1,6-7,9-10,13H,4-5,8,11H2,2H3,(H,19,20)/b7-6+. The number of nitrogens with zero attached hydrogens (tertiary/aromatic N) is 2. The van der Waals surface area contributed by atoms with Gasteiger partial charge < -0.3 is 10.0 Å². The molecule has 0 amide bonds. The molecular formula is C16H18N2O2. The maximum absolute atomic E-state index is 10.5. The molecule has 1 N–H and O–H groups in total. The minimum absolute atomic E-state index is 0.550. The predicted octanol–water partition coefficient (Wildman–Crippen LogP) is 2.34. The first-order valence-electron chi connectivity index (χ1n) is 6.66. The van der Waals surface area contributed by atoms with Crippen LogP contribution in [0.5, 0.6) is 0 Å². The molecule has 1 aromatic rings. The van der Waals surface area contributed by atoms with Gasteiger partial charge in [0, 0.05) is 18.8 Å². The molecule has 20 heavy (non-hydrogen) atoms. The third-order valence-corrected chi connectivity index (χ3v) is 3.25. The number of carboxylic acids is 1. The number of aliphatic carboxylic acids is 1. The van der Waals surface area contributed by atoms with Crippen LogP contribution in [-0.4, -0.2) is 29.1 Å². The number of rotatable bonds is 6. The fourth-order valence-electron chi connectivity index (χ4n) is 2.13. The predicted molar refractivity (Wildman–Crippen MR) is 79.4 cm³/mol. The molecule has 1 heterocycles. The van der Waals surface area contributed by atoms with Crippen molar-refractivity contribution in [3.8, 4) is 12.3 Å². The van der Waals surface area contributed by atoms with Gasteiger partial charge in [0.05, 0.1) is 6.54 Å². The van der Waals surface area contributed by atoms with Gasteiger partial charge in [0.1, 0.15) is 5.82 Å². The van der Waals surface area contributed by atoms with Gasteiger partial charge in [-0.1, -0.05) is 5.92 Å². The summed E-state index contributed by atoms with van der Waals surface area (Å²) in [7, 11) is 0. The summed E-state index contributed by atoms with van der Waals surface area (Å²) in [6, 6.07) is 1.93. The fourth-order valence-corrected chi connectivity index (χ4v) is 2.13. The SMILES string of the molecule is C#CCN(CC1CC1)c1ncc(/C=C/C(=O)O)cc1C. The van der Waals surface area contributed by atoms with E-state index in [4.69, 9.17) is 11.5 Å². The normalized spacial score (nSPS) is 14.2. The van der Waals surface area contributed by atoms with E-state index < -0.39 is 5.97 Å². The Hall–Kier alpha value is -2.28. The van der Waals surface area contributed by atoms with Crippen molar-refractivity contribution < 1.29 is 9.90 Å². The van der Waals surface area contributed by atoms with Crippen molar-refractivity contribution in [3.63, 3.8) is 0 Å². The third kappa shape index (κ3) is 3.86. The van der Waals surface area contributed by atoms with Crippen LogP contribution in [0.25, 0.3) is 6.08 Å².